The van der Waals surface area contributed by atoms with E-state index in [1.807, 2.05) is 6.92 Å². The standard InChI is InChI=1S/C9H15NS/c1-5-9(3,4)8-10-7(2)6-11-8/h6H,5H2,1-4H3. The second-order valence-electron chi connectivity index (χ2n) is 3.53. The summed E-state index contributed by atoms with van der Waals surface area (Å²) in [6.07, 6.45) is 1.15. The number of aryl methyl sites for hydroxylation is 1. The lowest BCUT2D eigenvalue weighted by atomic mass is 9.91. The molecule has 0 saturated carbocycles. The first-order chi connectivity index (χ1) is 5.06. The number of aromatic nitrogens is 1. The number of thiazole rings is 1. The summed E-state index contributed by atoms with van der Waals surface area (Å²) in [6, 6.07) is 0. The Morgan fingerprint density at radius 3 is 2.55 bits per heavy atom. The van der Waals surface area contributed by atoms with Crippen LogP contribution in [0.3, 0.4) is 0 Å². The molecule has 1 rings (SSSR count). The molecule has 62 valence electrons. The second kappa shape index (κ2) is 2.94. The van der Waals surface area contributed by atoms with E-state index in [4.69, 9.17) is 0 Å². The van der Waals surface area contributed by atoms with Crippen molar-refractivity contribution in [3.63, 3.8) is 0 Å². The molecular formula is C9H15NS. The van der Waals surface area contributed by atoms with Crippen LogP contribution in [0.5, 0.6) is 0 Å². The van der Waals surface area contributed by atoms with Crippen molar-refractivity contribution in [2.75, 3.05) is 0 Å². The van der Waals surface area contributed by atoms with Crippen LogP contribution in [0.15, 0.2) is 5.38 Å². The summed E-state index contributed by atoms with van der Waals surface area (Å²) in [7, 11) is 0. The Hall–Kier alpha value is -0.370. The van der Waals surface area contributed by atoms with E-state index in [0.29, 0.717) is 0 Å². The van der Waals surface area contributed by atoms with Crippen LogP contribution in [0.2, 0.25) is 0 Å². The van der Waals surface area contributed by atoms with Crippen molar-refractivity contribution < 1.29 is 0 Å². The smallest absolute Gasteiger partial charge is 0.0984 e. The zero-order chi connectivity index (χ0) is 8.48. The molecule has 0 saturated heterocycles. The van der Waals surface area contributed by atoms with Gasteiger partial charge in [0.25, 0.3) is 0 Å². The monoisotopic (exact) mass is 169 g/mol. The molecule has 0 bridgehead atoms. The van der Waals surface area contributed by atoms with Crippen LogP contribution < -0.4 is 0 Å². The summed E-state index contributed by atoms with van der Waals surface area (Å²) in [5.74, 6) is 0. The van der Waals surface area contributed by atoms with Gasteiger partial charge in [-0.15, -0.1) is 11.3 Å². The number of hydrogen-bond acceptors (Lipinski definition) is 2. The van der Waals surface area contributed by atoms with Gasteiger partial charge in [-0.05, 0) is 13.3 Å². The average Bonchev–Trinajstić information content (AvgIpc) is 2.36. The highest BCUT2D eigenvalue weighted by Crippen LogP contribution is 2.28. The molecule has 0 aliphatic rings. The van der Waals surface area contributed by atoms with E-state index in [9.17, 15) is 0 Å². The Kier molecular flexibility index (Phi) is 2.33. The molecule has 0 aliphatic heterocycles. The van der Waals surface area contributed by atoms with Gasteiger partial charge in [-0.3, -0.25) is 0 Å². The van der Waals surface area contributed by atoms with Gasteiger partial charge in [0.05, 0.1) is 5.01 Å². The van der Waals surface area contributed by atoms with Crippen molar-refractivity contribution in [2.24, 2.45) is 0 Å². The molecule has 1 heterocycles. The minimum atomic E-state index is 0.263. The van der Waals surface area contributed by atoms with Gasteiger partial charge in [-0.1, -0.05) is 20.8 Å². The molecule has 0 fully saturated rings. The molecule has 0 aliphatic carbocycles. The summed E-state index contributed by atoms with van der Waals surface area (Å²) >= 11 is 1.77. The van der Waals surface area contributed by atoms with Crippen LogP contribution in [0.1, 0.15) is 37.9 Å². The topological polar surface area (TPSA) is 12.9 Å². The molecule has 1 aromatic rings. The van der Waals surface area contributed by atoms with Gasteiger partial charge in [0.1, 0.15) is 0 Å². The van der Waals surface area contributed by atoms with Crippen LogP contribution in [-0.2, 0) is 5.41 Å². The van der Waals surface area contributed by atoms with Gasteiger partial charge in [0.15, 0.2) is 0 Å². The first-order valence-electron chi connectivity index (χ1n) is 3.99. The highest BCUT2D eigenvalue weighted by atomic mass is 32.1. The van der Waals surface area contributed by atoms with E-state index in [1.54, 1.807) is 11.3 Å². The fourth-order valence-electron chi connectivity index (χ4n) is 0.816. The molecule has 1 nitrogen and oxygen atoms in total. The van der Waals surface area contributed by atoms with Gasteiger partial charge in [-0.25, -0.2) is 4.98 Å². The van der Waals surface area contributed by atoms with Crippen LogP contribution in [0.25, 0.3) is 0 Å². The third kappa shape index (κ3) is 1.80. The van der Waals surface area contributed by atoms with Gasteiger partial charge >= 0.3 is 0 Å². The summed E-state index contributed by atoms with van der Waals surface area (Å²) in [6.45, 7) is 8.74. The third-order valence-electron chi connectivity index (χ3n) is 2.08. The lowest BCUT2D eigenvalue weighted by Gasteiger charge is -2.18. The fourth-order valence-corrected chi connectivity index (χ4v) is 1.81. The van der Waals surface area contributed by atoms with Crippen LogP contribution in [-0.4, -0.2) is 4.98 Å². The highest BCUT2D eigenvalue weighted by Gasteiger charge is 2.20. The largest absolute Gasteiger partial charge is 0.246 e. The number of rotatable bonds is 2. The molecule has 1 aromatic heterocycles. The quantitative estimate of drug-likeness (QED) is 0.662. The minimum Gasteiger partial charge on any atom is -0.246 e. The second-order valence-corrected chi connectivity index (χ2v) is 4.39. The summed E-state index contributed by atoms with van der Waals surface area (Å²) in [5.41, 5.74) is 1.41. The fraction of sp³-hybridized carbons (Fsp3) is 0.667. The van der Waals surface area contributed by atoms with E-state index >= 15 is 0 Å². The Morgan fingerprint density at radius 1 is 1.55 bits per heavy atom. The van der Waals surface area contributed by atoms with E-state index in [1.165, 1.54) is 5.01 Å². The normalized spacial score (nSPS) is 12.0. The summed E-state index contributed by atoms with van der Waals surface area (Å²) < 4.78 is 0. The van der Waals surface area contributed by atoms with Gasteiger partial charge in [-0.2, -0.15) is 0 Å². The molecule has 2 heteroatoms. The summed E-state index contributed by atoms with van der Waals surface area (Å²) in [4.78, 5) is 4.47. The van der Waals surface area contributed by atoms with Crippen LogP contribution in [0, 0.1) is 6.92 Å². The van der Waals surface area contributed by atoms with Crippen LogP contribution >= 0.6 is 11.3 Å². The predicted octanol–water partition coefficient (Wildman–Crippen LogP) is 3.14. The highest BCUT2D eigenvalue weighted by molar-refractivity contribution is 7.09. The molecule has 0 N–H and O–H groups in total. The molecule has 0 spiro atoms. The van der Waals surface area contributed by atoms with Crippen molar-refractivity contribution in [1.29, 1.82) is 0 Å². The molecule has 0 atom stereocenters. The van der Waals surface area contributed by atoms with E-state index in [-0.39, 0.29) is 5.41 Å². The molecule has 0 amide bonds. The summed E-state index contributed by atoms with van der Waals surface area (Å²) in [5, 5.41) is 3.38. The zero-order valence-electron chi connectivity index (χ0n) is 7.64. The minimum absolute atomic E-state index is 0.263. The van der Waals surface area contributed by atoms with Crippen LogP contribution in [0.4, 0.5) is 0 Å². The number of hydrogen-bond donors (Lipinski definition) is 0. The third-order valence-corrected chi connectivity index (χ3v) is 3.41. The molecule has 11 heavy (non-hydrogen) atoms. The SMILES string of the molecule is CCC(C)(C)c1nc(C)cs1. The Balaban J connectivity index is 2.92. The Morgan fingerprint density at radius 2 is 2.18 bits per heavy atom. The zero-order valence-corrected chi connectivity index (χ0v) is 8.46. The van der Waals surface area contributed by atoms with Gasteiger partial charge in [0, 0.05) is 16.5 Å². The molecule has 0 aromatic carbocycles. The first kappa shape index (κ1) is 8.72. The van der Waals surface area contributed by atoms with E-state index in [2.05, 4.69) is 31.1 Å². The lowest BCUT2D eigenvalue weighted by molar-refractivity contribution is 0.502. The van der Waals surface area contributed by atoms with Gasteiger partial charge < -0.3 is 0 Å². The molecule has 0 unspecified atom stereocenters. The average molecular weight is 169 g/mol. The lowest BCUT2D eigenvalue weighted by Crippen LogP contribution is -2.14. The van der Waals surface area contributed by atoms with Gasteiger partial charge in [0.2, 0.25) is 0 Å². The van der Waals surface area contributed by atoms with Crippen molar-refractivity contribution in [1.82, 2.24) is 4.98 Å². The Labute approximate surface area is 72.5 Å². The maximum Gasteiger partial charge on any atom is 0.0984 e. The first-order valence-corrected chi connectivity index (χ1v) is 4.87. The maximum atomic E-state index is 4.47. The van der Waals surface area contributed by atoms with Crippen molar-refractivity contribution >= 4 is 11.3 Å². The number of nitrogens with zero attached hydrogens (tertiary/aromatic N) is 1. The predicted molar refractivity (Wildman–Crippen MR) is 50.2 cm³/mol. The van der Waals surface area contributed by atoms with Crippen molar-refractivity contribution in [3.05, 3.63) is 16.1 Å². The van der Waals surface area contributed by atoms with Crippen molar-refractivity contribution in [3.8, 4) is 0 Å². The van der Waals surface area contributed by atoms with Crippen molar-refractivity contribution in [2.45, 2.75) is 39.5 Å². The molecule has 0 radical (unpaired) electrons. The Bertz CT molecular complexity index is 237. The maximum absolute atomic E-state index is 4.47. The van der Waals surface area contributed by atoms with E-state index in [0.717, 1.165) is 12.1 Å². The van der Waals surface area contributed by atoms with E-state index < -0.39 is 0 Å². The molecular weight excluding hydrogens is 154 g/mol.